The third-order valence-corrected chi connectivity index (χ3v) is 5.96. The number of hydrogen-bond acceptors (Lipinski definition) is 7. The van der Waals surface area contributed by atoms with E-state index in [0.29, 0.717) is 41.4 Å². The van der Waals surface area contributed by atoms with Crippen molar-refractivity contribution in [2.45, 2.75) is 25.8 Å². The van der Waals surface area contributed by atoms with Crippen LogP contribution in [0.1, 0.15) is 30.4 Å². The van der Waals surface area contributed by atoms with Crippen molar-refractivity contribution in [3.8, 4) is 11.5 Å². The number of hydrogen-bond donors (Lipinski definition) is 0. The van der Waals surface area contributed by atoms with E-state index in [-0.39, 0.29) is 24.9 Å². The normalized spacial score (nSPS) is 18.0. The SMILES string of the molecule is O=C1C(c2ccc([N+](=O)[O-])cc2)=C(N2CCCCC2)C(=O)N1Cc1ccc2c(c1)OCO2. The predicted octanol–water partition coefficient (Wildman–Crippen LogP) is 3.09. The second kappa shape index (κ2) is 7.99. The Labute approximate surface area is 184 Å². The number of carbonyl (C=O) groups excluding carboxylic acids is 2. The van der Waals surface area contributed by atoms with Gasteiger partial charge in [0.05, 0.1) is 17.0 Å². The molecule has 2 aromatic rings. The minimum absolute atomic E-state index is 0.0668. The Balaban J connectivity index is 1.50. The first-order valence-electron chi connectivity index (χ1n) is 10.5. The average Bonchev–Trinajstić information content (AvgIpc) is 3.37. The minimum atomic E-state index is -0.489. The zero-order valence-electron chi connectivity index (χ0n) is 17.3. The molecule has 164 valence electrons. The second-order valence-corrected chi connectivity index (χ2v) is 7.96. The molecule has 0 spiro atoms. The first-order chi connectivity index (χ1) is 15.5. The molecule has 0 atom stereocenters. The first-order valence-corrected chi connectivity index (χ1v) is 10.5. The number of piperidine rings is 1. The molecular weight excluding hydrogens is 414 g/mol. The van der Waals surface area contributed by atoms with Crippen LogP contribution in [0.5, 0.6) is 11.5 Å². The quantitative estimate of drug-likeness (QED) is 0.404. The Morgan fingerprint density at radius 3 is 2.34 bits per heavy atom. The summed E-state index contributed by atoms with van der Waals surface area (Å²) >= 11 is 0. The van der Waals surface area contributed by atoms with Gasteiger partial charge in [0.15, 0.2) is 11.5 Å². The lowest BCUT2D eigenvalue weighted by Gasteiger charge is -2.29. The fourth-order valence-electron chi connectivity index (χ4n) is 4.35. The fraction of sp³-hybridized carbons (Fsp3) is 0.304. The van der Waals surface area contributed by atoms with Crippen molar-refractivity contribution >= 4 is 23.1 Å². The van der Waals surface area contributed by atoms with Crippen molar-refractivity contribution in [3.05, 3.63) is 69.4 Å². The van der Waals surface area contributed by atoms with E-state index in [4.69, 9.17) is 9.47 Å². The van der Waals surface area contributed by atoms with E-state index in [1.54, 1.807) is 18.2 Å². The molecule has 0 unspecified atom stereocenters. The van der Waals surface area contributed by atoms with E-state index in [2.05, 4.69) is 0 Å². The lowest BCUT2D eigenvalue weighted by Crippen LogP contribution is -2.36. The lowest BCUT2D eigenvalue weighted by molar-refractivity contribution is -0.384. The van der Waals surface area contributed by atoms with E-state index in [9.17, 15) is 19.7 Å². The minimum Gasteiger partial charge on any atom is -0.454 e. The van der Waals surface area contributed by atoms with Gasteiger partial charge in [-0.3, -0.25) is 24.6 Å². The van der Waals surface area contributed by atoms with Gasteiger partial charge in [0.1, 0.15) is 5.70 Å². The maximum absolute atomic E-state index is 13.5. The predicted molar refractivity (Wildman–Crippen MR) is 114 cm³/mol. The van der Waals surface area contributed by atoms with Crippen LogP contribution < -0.4 is 9.47 Å². The summed E-state index contributed by atoms with van der Waals surface area (Å²) in [6.45, 7) is 1.64. The van der Waals surface area contributed by atoms with Crippen LogP contribution in [0.15, 0.2) is 48.2 Å². The van der Waals surface area contributed by atoms with E-state index in [1.807, 2.05) is 4.90 Å². The molecule has 0 saturated carbocycles. The van der Waals surface area contributed by atoms with Crippen molar-refractivity contribution in [1.29, 1.82) is 0 Å². The smallest absolute Gasteiger partial charge is 0.278 e. The Bertz CT molecular complexity index is 1130. The van der Waals surface area contributed by atoms with E-state index in [0.717, 1.165) is 24.8 Å². The highest BCUT2D eigenvalue weighted by Gasteiger charge is 2.42. The van der Waals surface area contributed by atoms with Gasteiger partial charge >= 0.3 is 0 Å². The third-order valence-electron chi connectivity index (χ3n) is 5.96. The second-order valence-electron chi connectivity index (χ2n) is 7.96. The summed E-state index contributed by atoms with van der Waals surface area (Å²) in [6.07, 6.45) is 2.97. The number of nitro groups is 1. The maximum atomic E-state index is 13.5. The standard InChI is InChI=1S/C23H21N3O6/c27-22-20(16-5-7-17(8-6-16)26(29)30)21(24-10-2-1-3-11-24)23(28)25(22)13-15-4-9-18-19(12-15)32-14-31-18/h4-9,12H,1-3,10-11,13-14H2. The summed E-state index contributed by atoms with van der Waals surface area (Å²) in [4.78, 5) is 40.7. The van der Waals surface area contributed by atoms with Gasteiger partial charge in [-0.2, -0.15) is 0 Å². The molecule has 0 aliphatic carbocycles. The average molecular weight is 435 g/mol. The van der Waals surface area contributed by atoms with Gasteiger partial charge in [0, 0.05) is 25.2 Å². The Kier molecular flexibility index (Phi) is 5.01. The monoisotopic (exact) mass is 435 g/mol. The molecule has 5 rings (SSSR count). The molecule has 3 aliphatic heterocycles. The Hall–Kier alpha value is -3.88. The summed E-state index contributed by atoms with van der Waals surface area (Å²) in [5, 5.41) is 11.0. The molecule has 9 heteroatoms. The molecule has 1 fully saturated rings. The van der Waals surface area contributed by atoms with Gasteiger partial charge < -0.3 is 14.4 Å². The molecule has 0 N–H and O–H groups in total. The van der Waals surface area contributed by atoms with Crippen LogP contribution in [0.4, 0.5) is 5.69 Å². The van der Waals surface area contributed by atoms with Crippen LogP contribution >= 0.6 is 0 Å². The number of non-ortho nitro benzene ring substituents is 1. The highest BCUT2D eigenvalue weighted by Crippen LogP contribution is 2.36. The summed E-state index contributed by atoms with van der Waals surface area (Å²) in [6, 6.07) is 11.1. The number of ether oxygens (including phenoxy) is 2. The van der Waals surface area contributed by atoms with Crippen LogP contribution in [0.3, 0.4) is 0 Å². The van der Waals surface area contributed by atoms with Gasteiger partial charge in [0.2, 0.25) is 6.79 Å². The molecule has 3 heterocycles. The topological polar surface area (TPSA) is 102 Å². The number of nitro benzene ring substituents is 1. The van der Waals surface area contributed by atoms with Crippen molar-refractivity contribution in [1.82, 2.24) is 9.80 Å². The number of imide groups is 1. The third kappa shape index (κ3) is 3.45. The maximum Gasteiger partial charge on any atom is 0.278 e. The Morgan fingerprint density at radius 2 is 1.62 bits per heavy atom. The molecule has 9 nitrogen and oxygen atoms in total. The van der Waals surface area contributed by atoms with Crippen LogP contribution in [-0.4, -0.2) is 46.4 Å². The van der Waals surface area contributed by atoms with Crippen molar-refractivity contribution in [2.24, 2.45) is 0 Å². The molecule has 0 aromatic heterocycles. The first kappa shape index (κ1) is 20.0. The van der Waals surface area contributed by atoms with Crippen LogP contribution in [-0.2, 0) is 16.1 Å². The molecular formula is C23H21N3O6. The summed E-state index contributed by atoms with van der Waals surface area (Å²) in [5.41, 5.74) is 1.86. The fourth-order valence-corrected chi connectivity index (χ4v) is 4.35. The Morgan fingerprint density at radius 1 is 0.906 bits per heavy atom. The highest BCUT2D eigenvalue weighted by molar-refractivity contribution is 6.35. The van der Waals surface area contributed by atoms with E-state index < -0.39 is 10.8 Å². The highest BCUT2D eigenvalue weighted by atomic mass is 16.7. The summed E-state index contributed by atoms with van der Waals surface area (Å²) in [7, 11) is 0. The van der Waals surface area contributed by atoms with Crippen molar-refractivity contribution in [3.63, 3.8) is 0 Å². The number of amides is 2. The van der Waals surface area contributed by atoms with Gasteiger partial charge in [-0.1, -0.05) is 6.07 Å². The van der Waals surface area contributed by atoms with E-state index in [1.165, 1.54) is 29.2 Å². The zero-order valence-corrected chi connectivity index (χ0v) is 17.3. The van der Waals surface area contributed by atoms with Crippen molar-refractivity contribution < 1.29 is 24.0 Å². The van der Waals surface area contributed by atoms with Gasteiger partial charge in [0.25, 0.3) is 17.5 Å². The van der Waals surface area contributed by atoms with Crippen LogP contribution in [0.2, 0.25) is 0 Å². The number of rotatable bonds is 5. The van der Waals surface area contributed by atoms with Crippen LogP contribution in [0, 0.1) is 10.1 Å². The van der Waals surface area contributed by atoms with Crippen LogP contribution in [0.25, 0.3) is 5.57 Å². The van der Waals surface area contributed by atoms with Crippen molar-refractivity contribution in [2.75, 3.05) is 19.9 Å². The largest absolute Gasteiger partial charge is 0.454 e. The number of carbonyl (C=O) groups is 2. The number of benzene rings is 2. The molecule has 2 amide bonds. The molecule has 2 aromatic carbocycles. The van der Waals surface area contributed by atoms with E-state index >= 15 is 0 Å². The summed E-state index contributed by atoms with van der Waals surface area (Å²) < 4.78 is 10.7. The molecule has 32 heavy (non-hydrogen) atoms. The number of likely N-dealkylation sites (tertiary alicyclic amines) is 1. The lowest BCUT2D eigenvalue weighted by atomic mass is 10.0. The van der Waals surface area contributed by atoms with Gasteiger partial charge in [-0.05, 0) is 54.7 Å². The van der Waals surface area contributed by atoms with Gasteiger partial charge in [-0.25, -0.2) is 0 Å². The summed E-state index contributed by atoms with van der Waals surface area (Å²) in [5.74, 6) is 0.470. The number of nitrogens with zero attached hydrogens (tertiary/aromatic N) is 3. The number of fused-ring (bicyclic) bond motifs is 1. The molecule has 1 saturated heterocycles. The molecule has 0 radical (unpaired) electrons. The molecule has 3 aliphatic rings. The van der Waals surface area contributed by atoms with Gasteiger partial charge in [-0.15, -0.1) is 0 Å². The zero-order chi connectivity index (χ0) is 22.2. The molecule has 0 bridgehead atoms.